The van der Waals surface area contributed by atoms with Gasteiger partial charge in [-0.25, -0.2) is 0 Å². The van der Waals surface area contributed by atoms with E-state index >= 15 is 0 Å². The Morgan fingerprint density at radius 3 is 2.41 bits per heavy atom. The van der Waals surface area contributed by atoms with Crippen molar-refractivity contribution in [2.45, 2.75) is 6.32 Å². The SMILES string of the molecule is [B]CC(=O)N(CCN)CC(=O)CNCC(=O)O. The van der Waals surface area contributed by atoms with Crippen LogP contribution in [0.3, 0.4) is 0 Å². The van der Waals surface area contributed by atoms with Gasteiger partial charge < -0.3 is 21.1 Å². The minimum atomic E-state index is -1.05. The van der Waals surface area contributed by atoms with E-state index in [1.807, 2.05) is 0 Å². The van der Waals surface area contributed by atoms with Gasteiger partial charge in [0.15, 0.2) is 5.78 Å². The molecule has 0 atom stereocenters. The van der Waals surface area contributed by atoms with Crippen molar-refractivity contribution >= 4 is 25.5 Å². The molecule has 0 saturated heterocycles. The Hall–Kier alpha value is -1.41. The molecule has 0 unspecified atom stereocenters. The Morgan fingerprint density at radius 1 is 1.29 bits per heavy atom. The van der Waals surface area contributed by atoms with Crippen molar-refractivity contribution in [3.63, 3.8) is 0 Å². The zero-order valence-corrected chi connectivity index (χ0v) is 9.52. The molecule has 0 aliphatic rings. The van der Waals surface area contributed by atoms with Crippen LogP contribution in [-0.2, 0) is 14.4 Å². The Labute approximate surface area is 101 Å². The number of hydrogen-bond donors (Lipinski definition) is 3. The molecule has 0 rings (SSSR count). The zero-order valence-electron chi connectivity index (χ0n) is 9.52. The van der Waals surface area contributed by atoms with Crippen molar-refractivity contribution < 1.29 is 19.5 Å². The van der Waals surface area contributed by atoms with Gasteiger partial charge in [0.1, 0.15) is 0 Å². The summed E-state index contributed by atoms with van der Waals surface area (Å²) >= 11 is 0. The van der Waals surface area contributed by atoms with E-state index in [4.69, 9.17) is 18.7 Å². The van der Waals surface area contributed by atoms with E-state index < -0.39 is 5.97 Å². The summed E-state index contributed by atoms with van der Waals surface area (Å²) in [4.78, 5) is 34.1. The first kappa shape index (κ1) is 15.6. The Balaban J connectivity index is 4.03. The minimum absolute atomic E-state index is 0.106. The van der Waals surface area contributed by atoms with Crippen LogP contribution < -0.4 is 11.1 Å². The zero-order chi connectivity index (χ0) is 13.3. The predicted molar refractivity (Wildman–Crippen MR) is 61.7 cm³/mol. The predicted octanol–water partition coefficient (Wildman–Crippen LogP) is -2.40. The molecule has 0 bridgehead atoms. The maximum Gasteiger partial charge on any atom is 0.317 e. The molecule has 0 aromatic rings. The van der Waals surface area contributed by atoms with Crippen molar-refractivity contribution in [1.29, 1.82) is 0 Å². The standard InChI is InChI=1S/C9H16BN3O4/c10-3-8(15)13(2-1-11)6-7(14)4-12-5-9(16)17/h12H,1-6,11H2,(H,16,17). The lowest BCUT2D eigenvalue weighted by Gasteiger charge is -2.20. The van der Waals surface area contributed by atoms with Crippen LogP contribution in [0.5, 0.6) is 0 Å². The molecular weight excluding hydrogens is 225 g/mol. The molecule has 0 fully saturated rings. The largest absolute Gasteiger partial charge is 0.480 e. The van der Waals surface area contributed by atoms with Crippen LogP contribution in [0.2, 0.25) is 6.32 Å². The second-order valence-corrected chi connectivity index (χ2v) is 3.34. The maximum atomic E-state index is 11.4. The smallest absolute Gasteiger partial charge is 0.317 e. The highest BCUT2D eigenvalue weighted by Crippen LogP contribution is 1.92. The van der Waals surface area contributed by atoms with Gasteiger partial charge in [-0.15, -0.1) is 0 Å². The lowest BCUT2D eigenvalue weighted by molar-refractivity contribution is -0.136. The third kappa shape index (κ3) is 7.48. The monoisotopic (exact) mass is 241 g/mol. The van der Waals surface area contributed by atoms with Crippen molar-refractivity contribution in [3.05, 3.63) is 0 Å². The number of nitrogens with zero attached hydrogens (tertiary/aromatic N) is 1. The number of hydrogen-bond acceptors (Lipinski definition) is 5. The van der Waals surface area contributed by atoms with E-state index in [9.17, 15) is 14.4 Å². The van der Waals surface area contributed by atoms with Crippen LogP contribution in [0, 0.1) is 0 Å². The van der Waals surface area contributed by atoms with Gasteiger partial charge in [-0.2, -0.15) is 0 Å². The quantitative estimate of drug-likeness (QED) is 0.388. The van der Waals surface area contributed by atoms with Gasteiger partial charge in [0.2, 0.25) is 5.91 Å². The molecule has 94 valence electrons. The van der Waals surface area contributed by atoms with Crippen LogP contribution in [0.15, 0.2) is 0 Å². The van der Waals surface area contributed by atoms with Gasteiger partial charge in [-0.05, 0) is 6.32 Å². The number of Topliss-reactive ketones (excluding diaryl/α,β-unsaturated/α-hetero) is 1. The molecule has 0 saturated carbocycles. The van der Waals surface area contributed by atoms with Gasteiger partial charge in [-0.1, -0.05) is 0 Å². The molecule has 8 heteroatoms. The van der Waals surface area contributed by atoms with Gasteiger partial charge in [0.25, 0.3) is 0 Å². The van der Waals surface area contributed by atoms with Gasteiger partial charge in [0, 0.05) is 13.1 Å². The number of carbonyl (C=O) groups excluding carboxylic acids is 2. The summed E-state index contributed by atoms with van der Waals surface area (Å²) in [6.07, 6.45) is -0.185. The van der Waals surface area contributed by atoms with Gasteiger partial charge in [0.05, 0.1) is 27.5 Å². The topological polar surface area (TPSA) is 113 Å². The number of carboxylic acid groups (broad SMARTS) is 1. The Bertz CT molecular complexity index is 285. The fraction of sp³-hybridized carbons (Fsp3) is 0.667. The van der Waals surface area contributed by atoms with E-state index in [-0.39, 0.29) is 50.7 Å². The molecular formula is C9H16BN3O4. The number of amides is 1. The highest BCUT2D eigenvalue weighted by molar-refractivity contribution is 6.19. The van der Waals surface area contributed by atoms with Gasteiger partial charge >= 0.3 is 5.97 Å². The Kier molecular flexibility index (Phi) is 7.99. The van der Waals surface area contributed by atoms with Crippen LogP contribution in [-0.4, -0.2) is 68.2 Å². The second kappa shape index (κ2) is 8.71. The summed E-state index contributed by atoms with van der Waals surface area (Å²) in [6.45, 7) is -0.0270. The highest BCUT2D eigenvalue weighted by atomic mass is 16.4. The fourth-order valence-corrected chi connectivity index (χ4v) is 1.15. The van der Waals surface area contributed by atoms with E-state index in [0.29, 0.717) is 0 Å². The molecule has 0 heterocycles. The first-order chi connectivity index (χ1) is 8.01. The molecule has 1 amide bonds. The van der Waals surface area contributed by atoms with Crippen LogP contribution in [0.25, 0.3) is 0 Å². The molecule has 0 aliphatic heterocycles. The number of nitrogens with two attached hydrogens (primary N) is 1. The number of carboxylic acids is 1. The first-order valence-corrected chi connectivity index (χ1v) is 5.13. The average molecular weight is 241 g/mol. The molecule has 4 N–H and O–H groups in total. The Morgan fingerprint density at radius 2 is 1.94 bits per heavy atom. The summed E-state index contributed by atoms with van der Waals surface area (Å²) in [5.74, 6) is -1.70. The van der Waals surface area contributed by atoms with Crippen LogP contribution in [0.4, 0.5) is 0 Å². The molecule has 0 aromatic carbocycles. The maximum absolute atomic E-state index is 11.4. The van der Waals surface area contributed by atoms with Crippen molar-refractivity contribution in [3.8, 4) is 0 Å². The van der Waals surface area contributed by atoms with E-state index in [1.165, 1.54) is 4.90 Å². The molecule has 17 heavy (non-hydrogen) atoms. The number of aliphatic carboxylic acids is 1. The van der Waals surface area contributed by atoms with Crippen molar-refractivity contribution in [1.82, 2.24) is 10.2 Å². The third-order valence-electron chi connectivity index (χ3n) is 1.89. The summed E-state index contributed by atoms with van der Waals surface area (Å²) in [7, 11) is 5.18. The summed E-state index contributed by atoms with van der Waals surface area (Å²) in [5.41, 5.74) is 5.30. The summed E-state index contributed by atoms with van der Waals surface area (Å²) in [5, 5.41) is 10.8. The van der Waals surface area contributed by atoms with Gasteiger partial charge in [-0.3, -0.25) is 14.4 Å². The molecule has 0 spiro atoms. The van der Waals surface area contributed by atoms with E-state index in [0.717, 1.165) is 0 Å². The van der Waals surface area contributed by atoms with Crippen LogP contribution >= 0.6 is 0 Å². The number of nitrogens with one attached hydrogen (secondary N) is 1. The molecule has 2 radical (unpaired) electrons. The molecule has 0 aromatic heterocycles. The lowest BCUT2D eigenvalue weighted by Crippen LogP contribution is -2.41. The first-order valence-electron chi connectivity index (χ1n) is 5.13. The molecule has 7 nitrogen and oxygen atoms in total. The van der Waals surface area contributed by atoms with Crippen LogP contribution in [0.1, 0.15) is 0 Å². The summed E-state index contributed by atoms with van der Waals surface area (Å²) < 4.78 is 0. The van der Waals surface area contributed by atoms with Crippen molar-refractivity contribution in [2.24, 2.45) is 5.73 Å². The third-order valence-corrected chi connectivity index (χ3v) is 1.89. The van der Waals surface area contributed by atoms with E-state index in [1.54, 1.807) is 0 Å². The molecule has 0 aliphatic carbocycles. The van der Waals surface area contributed by atoms with Crippen molar-refractivity contribution in [2.75, 3.05) is 32.7 Å². The fourth-order valence-electron chi connectivity index (χ4n) is 1.15. The number of ketones is 1. The van der Waals surface area contributed by atoms with E-state index in [2.05, 4.69) is 5.32 Å². The minimum Gasteiger partial charge on any atom is -0.480 e. The highest BCUT2D eigenvalue weighted by Gasteiger charge is 2.14. The summed E-state index contributed by atoms with van der Waals surface area (Å²) in [6, 6.07) is 0. The normalized spacial score (nSPS) is 9.94. The number of rotatable bonds is 9. The average Bonchev–Trinajstić information content (AvgIpc) is 2.27. The second-order valence-electron chi connectivity index (χ2n) is 3.34. The lowest BCUT2D eigenvalue weighted by atomic mass is 10.0. The number of carbonyl (C=O) groups is 3.